The number of methoxy groups -OCH3 is 1. The van der Waals surface area contributed by atoms with Gasteiger partial charge in [-0.25, -0.2) is 4.39 Å². The highest BCUT2D eigenvalue weighted by Gasteiger charge is 2.43. The maximum atomic E-state index is 13.6. The zero-order valence-electron chi connectivity index (χ0n) is 19.0. The van der Waals surface area contributed by atoms with E-state index < -0.39 is 11.9 Å². The van der Waals surface area contributed by atoms with Crippen LogP contribution in [0.3, 0.4) is 0 Å². The monoisotopic (exact) mass is 471 g/mol. The molecule has 1 atom stereocenters. The first-order valence-corrected chi connectivity index (χ1v) is 11.0. The standard InChI is InChI=1S/C28H22FNO5/c1-3-14-34-22-13-10-18(15-23(22)33-2)25-24-26(31)20-6-4-5-7-21(20)35-27(24)28(32)30(25)16-17-8-11-19(29)12-9-17/h3-13,15,25H,1,14,16H2,2H3. The number of halogens is 1. The summed E-state index contributed by atoms with van der Waals surface area (Å²) in [5.41, 5.74) is 1.71. The summed E-state index contributed by atoms with van der Waals surface area (Å²) < 4.78 is 30.6. The van der Waals surface area contributed by atoms with Gasteiger partial charge in [-0.3, -0.25) is 9.59 Å². The van der Waals surface area contributed by atoms with E-state index in [2.05, 4.69) is 6.58 Å². The van der Waals surface area contributed by atoms with Gasteiger partial charge >= 0.3 is 0 Å². The molecule has 0 aliphatic carbocycles. The van der Waals surface area contributed by atoms with Crippen molar-refractivity contribution < 1.29 is 23.1 Å². The zero-order chi connectivity index (χ0) is 24.5. The molecule has 4 aromatic rings. The summed E-state index contributed by atoms with van der Waals surface area (Å²) in [7, 11) is 1.52. The smallest absolute Gasteiger partial charge is 0.291 e. The minimum absolute atomic E-state index is 0.00626. The lowest BCUT2D eigenvalue weighted by atomic mass is 9.97. The number of carbonyl (C=O) groups excluding carboxylic acids is 1. The Hall–Kier alpha value is -4.39. The van der Waals surface area contributed by atoms with Crippen LogP contribution in [-0.2, 0) is 6.54 Å². The number of carbonyl (C=O) groups is 1. The molecule has 0 fully saturated rings. The average Bonchev–Trinajstić information content (AvgIpc) is 3.15. The summed E-state index contributed by atoms with van der Waals surface area (Å²) in [4.78, 5) is 28.7. The molecule has 1 aliphatic heterocycles. The van der Waals surface area contributed by atoms with Gasteiger partial charge in [0, 0.05) is 6.54 Å². The van der Waals surface area contributed by atoms with Gasteiger partial charge in [0.25, 0.3) is 5.91 Å². The number of fused-ring (bicyclic) bond motifs is 2. The molecule has 1 amide bonds. The summed E-state index contributed by atoms with van der Waals surface area (Å²) in [6.45, 7) is 4.11. The van der Waals surface area contributed by atoms with E-state index in [-0.39, 0.29) is 29.1 Å². The zero-order valence-corrected chi connectivity index (χ0v) is 19.0. The summed E-state index contributed by atoms with van der Waals surface area (Å²) in [6, 6.07) is 17.3. The van der Waals surface area contributed by atoms with Crippen LogP contribution < -0.4 is 14.9 Å². The molecule has 7 heteroatoms. The quantitative estimate of drug-likeness (QED) is 0.344. The van der Waals surface area contributed by atoms with Crippen molar-refractivity contribution >= 4 is 16.9 Å². The average molecular weight is 471 g/mol. The lowest BCUT2D eigenvalue weighted by Crippen LogP contribution is -2.29. The van der Waals surface area contributed by atoms with Crippen molar-refractivity contribution in [3.8, 4) is 11.5 Å². The molecule has 0 radical (unpaired) electrons. The Morgan fingerprint density at radius 3 is 2.57 bits per heavy atom. The van der Waals surface area contributed by atoms with Crippen LogP contribution in [0.5, 0.6) is 11.5 Å². The number of hydrogen-bond acceptors (Lipinski definition) is 5. The normalized spacial score (nSPS) is 14.7. The van der Waals surface area contributed by atoms with Gasteiger partial charge in [0.15, 0.2) is 16.9 Å². The van der Waals surface area contributed by atoms with E-state index in [1.807, 2.05) is 0 Å². The molecule has 1 aliphatic rings. The highest BCUT2D eigenvalue weighted by Crippen LogP contribution is 2.41. The molecule has 176 valence electrons. The Morgan fingerprint density at radius 1 is 1.06 bits per heavy atom. The van der Waals surface area contributed by atoms with E-state index in [1.165, 1.54) is 19.2 Å². The summed E-state index contributed by atoms with van der Waals surface area (Å²) in [6.07, 6.45) is 1.62. The second kappa shape index (κ2) is 9.10. The van der Waals surface area contributed by atoms with Crippen LogP contribution >= 0.6 is 0 Å². The van der Waals surface area contributed by atoms with Crippen molar-refractivity contribution in [2.75, 3.05) is 13.7 Å². The predicted octanol–water partition coefficient (Wildman–Crippen LogP) is 5.25. The molecule has 0 N–H and O–H groups in total. The third-order valence-corrected chi connectivity index (χ3v) is 6.00. The molecule has 2 heterocycles. The number of benzene rings is 3. The first-order valence-electron chi connectivity index (χ1n) is 11.0. The highest BCUT2D eigenvalue weighted by molar-refractivity contribution is 5.99. The van der Waals surface area contributed by atoms with Gasteiger partial charge in [-0.2, -0.15) is 0 Å². The fourth-order valence-corrected chi connectivity index (χ4v) is 4.39. The van der Waals surface area contributed by atoms with Crippen molar-refractivity contribution in [3.63, 3.8) is 0 Å². The van der Waals surface area contributed by atoms with E-state index in [0.29, 0.717) is 40.2 Å². The molecule has 1 aromatic heterocycles. The van der Waals surface area contributed by atoms with Crippen molar-refractivity contribution in [2.45, 2.75) is 12.6 Å². The third kappa shape index (κ3) is 3.95. The SMILES string of the molecule is C=CCOc1ccc(C2c3c(oc4ccccc4c3=O)C(=O)N2Cc2ccc(F)cc2)cc1OC. The Bertz CT molecular complexity index is 1490. The van der Waals surface area contributed by atoms with Gasteiger partial charge in [-0.15, -0.1) is 0 Å². The maximum absolute atomic E-state index is 13.6. The van der Waals surface area contributed by atoms with Crippen molar-refractivity contribution in [1.82, 2.24) is 4.90 Å². The molecule has 5 rings (SSSR count). The number of rotatable bonds is 7. The predicted molar refractivity (Wildman–Crippen MR) is 129 cm³/mol. The van der Waals surface area contributed by atoms with E-state index in [1.54, 1.807) is 65.6 Å². The largest absolute Gasteiger partial charge is 0.493 e. The van der Waals surface area contributed by atoms with Gasteiger partial charge in [0.2, 0.25) is 5.76 Å². The highest BCUT2D eigenvalue weighted by atomic mass is 19.1. The van der Waals surface area contributed by atoms with Gasteiger partial charge in [0.1, 0.15) is 18.0 Å². The minimum Gasteiger partial charge on any atom is -0.493 e. The lowest BCUT2D eigenvalue weighted by Gasteiger charge is -2.26. The summed E-state index contributed by atoms with van der Waals surface area (Å²) in [5, 5.41) is 0.394. The van der Waals surface area contributed by atoms with E-state index in [4.69, 9.17) is 13.9 Å². The number of para-hydroxylation sites is 1. The van der Waals surface area contributed by atoms with Gasteiger partial charge in [0.05, 0.1) is 24.1 Å². The Labute approximate surface area is 200 Å². The van der Waals surface area contributed by atoms with E-state index in [0.717, 1.165) is 0 Å². The number of ether oxygens (including phenoxy) is 2. The van der Waals surface area contributed by atoms with Crippen LogP contribution in [0, 0.1) is 5.82 Å². The van der Waals surface area contributed by atoms with E-state index in [9.17, 15) is 14.0 Å². The minimum atomic E-state index is -0.731. The van der Waals surface area contributed by atoms with Crippen LogP contribution in [0.25, 0.3) is 11.0 Å². The maximum Gasteiger partial charge on any atom is 0.291 e. The number of amides is 1. The van der Waals surface area contributed by atoms with E-state index >= 15 is 0 Å². The molecule has 35 heavy (non-hydrogen) atoms. The van der Waals surface area contributed by atoms with Gasteiger partial charge in [-0.05, 0) is 47.5 Å². The van der Waals surface area contributed by atoms with Crippen LogP contribution in [0.15, 0.2) is 88.6 Å². The molecule has 0 spiro atoms. The molecule has 0 saturated carbocycles. The van der Waals surface area contributed by atoms with Crippen LogP contribution in [0.2, 0.25) is 0 Å². The Balaban J connectivity index is 1.68. The van der Waals surface area contributed by atoms with Gasteiger partial charge in [-0.1, -0.05) is 43.0 Å². The second-order valence-electron chi connectivity index (χ2n) is 8.14. The lowest BCUT2D eigenvalue weighted by molar-refractivity contribution is 0.0714. The fraction of sp³-hybridized carbons (Fsp3) is 0.143. The van der Waals surface area contributed by atoms with Crippen molar-refractivity contribution in [1.29, 1.82) is 0 Å². The summed E-state index contributed by atoms with van der Waals surface area (Å²) in [5.74, 6) is 0.188. The van der Waals surface area contributed by atoms with Crippen molar-refractivity contribution in [3.05, 3.63) is 118 Å². The first kappa shape index (κ1) is 22.4. The Kier molecular flexibility index (Phi) is 5.82. The Morgan fingerprint density at radius 2 is 1.83 bits per heavy atom. The van der Waals surface area contributed by atoms with Crippen LogP contribution in [-0.4, -0.2) is 24.5 Å². The van der Waals surface area contributed by atoms with Crippen LogP contribution in [0.1, 0.15) is 33.3 Å². The first-order chi connectivity index (χ1) is 17.0. The third-order valence-electron chi connectivity index (χ3n) is 6.00. The summed E-state index contributed by atoms with van der Waals surface area (Å²) >= 11 is 0. The number of hydrogen-bond donors (Lipinski definition) is 0. The van der Waals surface area contributed by atoms with Gasteiger partial charge < -0.3 is 18.8 Å². The molecular formula is C28H22FNO5. The fourth-order valence-electron chi connectivity index (χ4n) is 4.39. The molecule has 0 bridgehead atoms. The topological polar surface area (TPSA) is 69.0 Å². The second-order valence-corrected chi connectivity index (χ2v) is 8.14. The van der Waals surface area contributed by atoms with Crippen LogP contribution in [0.4, 0.5) is 4.39 Å². The molecule has 0 saturated heterocycles. The number of nitrogens with zero attached hydrogens (tertiary/aromatic N) is 1. The molecular weight excluding hydrogens is 449 g/mol. The van der Waals surface area contributed by atoms with Crippen molar-refractivity contribution in [2.24, 2.45) is 0 Å². The molecule has 3 aromatic carbocycles. The molecule has 6 nitrogen and oxygen atoms in total. The molecule has 1 unspecified atom stereocenters.